The molecule has 1 aliphatic carbocycles. The molecule has 1 spiro atoms. The minimum absolute atomic E-state index is 0.00142. The Bertz CT molecular complexity index is 1420. The van der Waals surface area contributed by atoms with Gasteiger partial charge in [0.1, 0.15) is 17.1 Å². The van der Waals surface area contributed by atoms with Gasteiger partial charge in [-0.15, -0.1) is 10.2 Å². The van der Waals surface area contributed by atoms with E-state index in [1.807, 2.05) is 4.57 Å². The summed E-state index contributed by atoms with van der Waals surface area (Å²) in [7, 11) is 0. The first kappa shape index (κ1) is 26.3. The predicted octanol–water partition coefficient (Wildman–Crippen LogP) is 5.77. The number of halogens is 7. The van der Waals surface area contributed by atoms with Crippen molar-refractivity contribution in [3.8, 4) is 5.69 Å². The minimum atomic E-state index is -4.54. The first-order valence-corrected chi connectivity index (χ1v) is 12.7. The molecular weight excluding hydrogens is 548 g/mol. The molecule has 3 aromatic rings. The van der Waals surface area contributed by atoms with Gasteiger partial charge in [0.05, 0.1) is 12.2 Å². The van der Waals surface area contributed by atoms with Crippen LogP contribution in [-0.4, -0.2) is 54.4 Å². The van der Waals surface area contributed by atoms with E-state index in [2.05, 4.69) is 20.2 Å². The highest BCUT2D eigenvalue weighted by atomic mass is 35.5. The third-order valence-electron chi connectivity index (χ3n) is 8.21. The molecule has 2 aromatic heterocycles. The molecule has 2 aliphatic heterocycles. The van der Waals surface area contributed by atoms with Crippen molar-refractivity contribution in [3.05, 3.63) is 58.4 Å². The summed E-state index contributed by atoms with van der Waals surface area (Å²) in [6.45, 7) is 3.32. The SMILES string of the molecule is CC(C)(N1Cc2cc(Cl)ccc2-n2c(nnc2C2CC3(C2)CN(c2nccc(C(F)(F)F)n2)C3)C1)C(F)(F)F. The molecule has 208 valence electrons. The maximum atomic E-state index is 14.0. The molecule has 2 fully saturated rings. The zero-order chi connectivity index (χ0) is 28.0. The monoisotopic (exact) mass is 571 g/mol. The van der Waals surface area contributed by atoms with Gasteiger partial charge in [-0.3, -0.25) is 9.47 Å². The van der Waals surface area contributed by atoms with E-state index in [-0.39, 0.29) is 30.4 Å². The molecule has 1 saturated heterocycles. The molecule has 4 heterocycles. The Balaban J connectivity index is 1.24. The second-order valence-electron chi connectivity index (χ2n) is 11.2. The summed E-state index contributed by atoms with van der Waals surface area (Å²) < 4.78 is 82.9. The lowest BCUT2D eigenvalue weighted by atomic mass is 9.57. The number of fused-ring (bicyclic) bond motifs is 3. The van der Waals surface area contributed by atoms with Crippen LogP contribution in [0.1, 0.15) is 55.5 Å². The minimum Gasteiger partial charge on any atom is -0.340 e. The second-order valence-corrected chi connectivity index (χ2v) is 11.6. The van der Waals surface area contributed by atoms with Gasteiger partial charge >= 0.3 is 12.4 Å². The fourth-order valence-corrected chi connectivity index (χ4v) is 6.05. The van der Waals surface area contributed by atoms with Gasteiger partial charge in [0.25, 0.3) is 0 Å². The van der Waals surface area contributed by atoms with Gasteiger partial charge in [0, 0.05) is 42.2 Å². The van der Waals surface area contributed by atoms with Crippen LogP contribution in [0.3, 0.4) is 0 Å². The van der Waals surface area contributed by atoms with Crippen molar-refractivity contribution in [2.75, 3.05) is 18.0 Å². The van der Waals surface area contributed by atoms with Crippen LogP contribution in [0.2, 0.25) is 5.02 Å². The summed E-state index contributed by atoms with van der Waals surface area (Å²) in [5.41, 5.74) is -1.86. The van der Waals surface area contributed by atoms with E-state index in [1.54, 1.807) is 23.1 Å². The number of rotatable bonds is 3. The Morgan fingerprint density at radius 1 is 0.974 bits per heavy atom. The molecule has 0 radical (unpaired) electrons. The molecule has 1 saturated carbocycles. The Morgan fingerprint density at radius 2 is 1.69 bits per heavy atom. The van der Waals surface area contributed by atoms with Crippen LogP contribution in [0, 0.1) is 5.41 Å². The molecular formula is C25H24ClF6N7. The molecule has 0 unspecified atom stereocenters. The third kappa shape index (κ3) is 4.33. The molecule has 0 bridgehead atoms. The van der Waals surface area contributed by atoms with Gasteiger partial charge in [-0.05, 0) is 56.5 Å². The van der Waals surface area contributed by atoms with Crippen LogP contribution >= 0.6 is 11.6 Å². The Kier molecular flexibility index (Phi) is 5.75. The average molecular weight is 572 g/mol. The van der Waals surface area contributed by atoms with Crippen molar-refractivity contribution in [1.82, 2.24) is 29.6 Å². The first-order valence-electron chi connectivity index (χ1n) is 12.4. The Labute approximate surface area is 224 Å². The zero-order valence-corrected chi connectivity index (χ0v) is 21.7. The van der Waals surface area contributed by atoms with E-state index < -0.39 is 23.6 Å². The number of hydrogen-bond donors (Lipinski definition) is 0. The molecule has 0 N–H and O–H groups in total. The second kappa shape index (κ2) is 8.53. The highest BCUT2D eigenvalue weighted by Gasteiger charge is 2.56. The van der Waals surface area contributed by atoms with Crippen LogP contribution in [0.5, 0.6) is 0 Å². The molecule has 1 aromatic carbocycles. The molecule has 0 atom stereocenters. The van der Waals surface area contributed by atoms with Gasteiger partial charge in [0.2, 0.25) is 5.95 Å². The third-order valence-corrected chi connectivity index (χ3v) is 8.44. The Morgan fingerprint density at radius 3 is 2.36 bits per heavy atom. The summed E-state index contributed by atoms with van der Waals surface area (Å²) in [6, 6.07) is 6.00. The number of hydrogen-bond acceptors (Lipinski definition) is 6. The maximum Gasteiger partial charge on any atom is 0.433 e. The summed E-state index contributed by atoms with van der Waals surface area (Å²) in [5, 5.41) is 9.14. The average Bonchev–Trinajstić information content (AvgIpc) is 3.11. The van der Waals surface area contributed by atoms with Crippen LogP contribution < -0.4 is 4.90 Å². The van der Waals surface area contributed by atoms with E-state index in [9.17, 15) is 26.3 Å². The quantitative estimate of drug-likeness (QED) is 0.372. The number of benzene rings is 1. The van der Waals surface area contributed by atoms with Crippen molar-refractivity contribution < 1.29 is 26.3 Å². The van der Waals surface area contributed by atoms with Crippen molar-refractivity contribution in [3.63, 3.8) is 0 Å². The lowest BCUT2D eigenvalue weighted by molar-refractivity contribution is -0.224. The standard InChI is InChI=1S/C25H24ClF6N7/c1-22(2,25(30,31)32)38-10-14-7-16(26)3-4-17(14)39-19(11-38)35-36-20(39)15-8-23(9-15)12-37(13-23)21-33-6-5-18(34-21)24(27,28)29/h3-7,15H,8-13H2,1-2H3. The van der Waals surface area contributed by atoms with E-state index in [4.69, 9.17) is 11.6 Å². The maximum absolute atomic E-state index is 14.0. The van der Waals surface area contributed by atoms with Crippen molar-refractivity contribution in [2.24, 2.45) is 5.41 Å². The molecule has 6 rings (SSSR count). The Hall–Kier alpha value is -2.93. The van der Waals surface area contributed by atoms with Crippen LogP contribution in [0.4, 0.5) is 32.3 Å². The van der Waals surface area contributed by atoms with Crippen molar-refractivity contribution in [2.45, 2.75) is 63.6 Å². The summed E-state index contributed by atoms with van der Waals surface area (Å²) >= 11 is 6.23. The fraction of sp³-hybridized carbons (Fsp3) is 0.520. The summed E-state index contributed by atoms with van der Waals surface area (Å²) in [5.74, 6) is 1.13. The summed E-state index contributed by atoms with van der Waals surface area (Å²) in [4.78, 5) is 10.7. The molecule has 0 amide bonds. The van der Waals surface area contributed by atoms with Gasteiger partial charge in [-0.1, -0.05) is 11.6 Å². The molecule has 39 heavy (non-hydrogen) atoms. The van der Waals surface area contributed by atoms with E-state index >= 15 is 0 Å². The molecule has 7 nitrogen and oxygen atoms in total. The highest BCUT2D eigenvalue weighted by Crippen LogP contribution is 2.56. The lowest BCUT2D eigenvalue weighted by Crippen LogP contribution is -2.62. The number of aromatic nitrogens is 5. The number of nitrogens with zero attached hydrogens (tertiary/aromatic N) is 7. The van der Waals surface area contributed by atoms with Gasteiger partial charge in [-0.2, -0.15) is 26.3 Å². The fourth-order valence-electron chi connectivity index (χ4n) is 5.86. The smallest absolute Gasteiger partial charge is 0.340 e. The topological polar surface area (TPSA) is 63.0 Å². The van der Waals surface area contributed by atoms with Gasteiger partial charge in [0.15, 0.2) is 5.82 Å². The number of anilines is 1. The molecule has 14 heteroatoms. The molecule has 3 aliphatic rings. The van der Waals surface area contributed by atoms with E-state index in [1.165, 1.54) is 4.90 Å². The lowest BCUT2D eigenvalue weighted by Gasteiger charge is -2.58. The largest absolute Gasteiger partial charge is 0.433 e. The van der Waals surface area contributed by atoms with Crippen molar-refractivity contribution >= 4 is 17.5 Å². The van der Waals surface area contributed by atoms with Crippen molar-refractivity contribution in [1.29, 1.82) is 0 Å². The van der Waals surface area contributed by atoms with Gasteiger partial charge < -0.3 is 4.90 Å². The number of alkyl halides is 6. The predicted molar refractivity (Wildman–Crippen MR) is 129 cm³/mol. The van der Waals surface area contributed by atoms with E-state index in [0.29, 0.717) is 41.0 Å². The van der Waals surface area contributed by atoms with Crippen LogP contribution in [0.25, 0.3) is 5.69 Å². The zero-order valence-electron chi connectivity index (χ0n) is 21.0. The van der Waals surface area contributed by atoms with E-state index in [0.717, 1.165) is 39.0 Å². The van der Waals surface area contributed by atoms with Crippen LogP contribution in [0.15, 0.2) is 30.5 Å². The first-order chi connectivity index (χ1) is 18.2. The highest BCUT2D eigenvalue weighted by molar-refractivity contribution is 6.30. The summed E-state index contributed by atoms with van der Waals surface area (Å²) in [6.07, 6.45) is -6.46. The normalized spacial score (nSPS) is 19.8. The van der Waals surface area contributed by atoms with Crippen LogP contribution in [-0.2, 0) is 19.3 Å². The van der Waals surface area contributed by atoms with Gasteiger partial charge in [-0.25, -0.2) is 9.97 Å².